The molecule has 1 amide bonds. The van der Waals surface area contributed by atoms with Crippen molar-refractivity contribution in [2.24, 2.45) is 5.92 Å². The molecule has 0 bridgehead atoms. The van der Waals surface area contributed by atoms with Crippen LogP contribution in [-0.4, -0.2) is 48.0 Å². The molecule has 0 aromatic heterocycles. The summed E-state index contributed by atoms with van der Waals surface area (Å²) in [7, 11) is 1.21. The highest BCUT2D eigenvalue weighted by molar-refractivity contribution is 8.13. The molecule has 1 aromatic carbocycles. The van der Waals surface area contributed by atoms with Crippen molar-refractivity contribution in [3.05, 3.63) is 48.6 Å². The number of methoxy groups -OCH3 is 1. The Labute approximate surface area is 188 Å². The average molecular weight is 452 g/mol. The lowest BCUT2D eigenvalue weighted by atomic mass is 9.94. The summed E-state index contributed by atoms with van der Waals surface area (Å²) in [6.45, 7) is 6.29. The maximum absolute atomic E-state index is 12.9. The molecule has 0 saturated heterocycles. The number of allylic oxidation sites excluding steroid dienone is 1. The van der Waals surface area contributed by atoms with Crippen LogP contribution in [-0.2, 0) is 35.1 Å². The lowest BCUT2D eigenvalue weighted by molar-refractivity contribution is -0.150. The molecule has 0 heterocycles. The van der Waals surface area contributed by atoms with E-state index in [1.165, 1.54) is 21.0 Å². The van der Waals surface area contributed by atoms with E-state index in [1.54, 1.807) is 6.08 Å². The van der Waals surface area contributed by atoms with Crippen LogP contribution < -0.4 is 5.32 Å². The first-order valence-corrected chi connectivity index (χ1v) is 10.6. The Morgan fingerprint density at radius 1 is 1.16 bits per heavy atom. The van der Waals surface area contributed by atoms with Crippen LogP contribution in [0.5, 0.6) is 0 Å². The van der Waals surface area contributed by atoms with Gasteiger partial charge in [-0.05, 0) is 24.8 Å². The van der Waals surface area contributed by atoms with Gasteiger partial charge in [0.15, 0.2) is 5.12 Å². The van der Waals surface area contributed by atoms with E-state index in [2.05, 4.69) is 16.6 Å². The van der Waals surface area contributed by atoms with Crippen LogP contribution in [0.2, 0.25) is 0 Å². The second-order valence-electron chi connectivity index (χ2n) is 6.71. The lowest BCUT2D eigenvalue weighted by Gasteiger charge is -2.25. The fourth-order valence-electron chi connectivity index (χ4n) is 2.92. The molecule has 1 rings (SSSR count). The first-order chi connectivity index (χ1) is 14.3. The monoisotopic (exact) mass is 451 g/mol. The summed E-state index contributed by atoms with van der Waals surface area (Å²) in [6, 6.07) is 8.76. The van der Waals surface area contributed by atoms with Crippen molar-refractivity contribution in [1.82, 2.24) is 5.32 Å². The molecule has 0 spiro atoms. The number of thioether (sulfide) groups is 1. The molecular weight excluding hydrogens is 418 g/mol. The van der Waals surface area contributed by atoms with Gasteiger partial charge in [0.05, 0.1) is 13.0 Å². The summed E-state index contributed by atoms with van der Waals surface area (Å²) in [5.41, 5.74) is 1.07. The topological polar surface area (TPSA) is 98.8 Å². The van der Waals surface area contributed by atoms with Crippen LogP contribution in [0.1, 0.15) is 39.7 Å². The van der Waals surface area contributed by atoms with Crippen LogP contribution in [0.4, 0.5) is 0 Å². The smallest absolute Gasteiger partial charge is 0.329 e. The summed E-state index contributed by atoms with van der Waals surface area (Å²) >= 11 is 0.902. The number of amides is 1. The van der Waals surface area contributed by atoms with Crippen molar-refractivity contribution >= 4 is 34.7 Å². The van der Waals surface area contributed by atoms with E-state index >= 15 is 0 Å². The van der Waals surface area contributed by atoms with E-state index in [0.717, 1.165) is 17.3 Å². The average Bonchev–Trinajstić information content (AvgIpc) is 2.71. The number of hydrogen-bond acceptors (Lipinski definition) is 7. The molecule has 0 radical (unpaired) electrons. The number of ether oxygens (including phenoxy) is 2. The highest BCUT2D eigenvalue weighted by atomic mass is 32.2. The zero-order valence-corrected chi connectivity index (χ0v) is 18.4. The number of aryl methyl sites for hydroxylation is 1. The molecule has 2 unspecified atom stereocenters. The number of carbonyl (C=O) groups is 4. The molecule has 7 nitrogen and oxygen atoms in total. The number of hydrogen-bond donors (Lipinski definition) is 1. The maximum Gasteiger partial charge on any atom is 0.329 e. The Balaban J connectivity index is 0.00000900. The summed E-state index contributed by atoms with van der Waals surface area (Å²) in [6.07, 6.45) is 2.41. The third-order valence-corrected chi connectivity index (χ3v) is 5.39. The van der Waals surface area contributed by atoms with Gasteiger partial charge in [-0.15, -0.1) is 6.58 Å². The Hall–Kier alpha value is -2.61. The second-order valence-corrected chi connectivity index (χ2v) is 7.73. The molecule has 3 atom stereocenters. The lowest BCUT2D eigenvalue weighted by Crippen LogP contribution is -2.43. The molecule has 0 aliphatic carbocycles. The molecule has 0 aliphatic rings. The zero-order chi connectivity index (χ0) is 22.5. The third-order valence-electron chi connectivity index (χ3n) is 4.31. The van der Waals surface area contributed by atoms with Gasteiger partial charge in [0.2, 0.25) is 5.91 Å². The van der Waals surface area contributed by atoms with Gasteiger partial charge in [-0.25, -0.2) is 4.79 Å². The van der Waals surface area contributed by atoms with Crippen molar-refractivity contribution in [3.8, 4) is 0 Å². The van der Waals surface area contributed by atoms with Crippen molar-refractivity contribution in [2.75, 3.05) is 12.9 Å². The Morgan fingerprint density at radius 2 is 1.81 bits per heavy atom. The van der Waals surface area contributed by atoms with E-state index in [-0.39, 0.29) is 18.3 Å². The van der Waals surface area contributed by atoms with Gasteiger partial charge in [-0.2, -0.15) is 0 Å². The molecule has 31 heavy (non-hydrogen) atoms. The van der Waals surface area contributed by atoms with Crippen LogP contribution in [0.25, 0.3) is 0 Å². The van der Waals surface area contributed by atoms with Gasteiger partial charge >= 0.3 is 11.9 Å². The van der Waals surface area contributed by atoms with Crippen LogP contribution in [0.15, 0.2) is 43.0 Å². The summed E-state index contributed by atoms with van der Waals surface area (Å²) in [4.78, 5) is 47.7. The van der Waals surface area contributed by atoms with E-state index in [1.807, 2.05) is 30.3 Å². The highest BCUT2D eigenvalue weighted by Gasteiger charge is 2.31. The predicted molar refractivity (Wildman–Crippen MR) is 122 cm³/mol. The highest BCUT2D eigenvalue weighted by Crippen LogP contribution is 2.25. The van der Waals surface area contributed by atoms with Crippen molar-refractivity contribution in [1.29, 1.82) is 0 Å². The Kier molecular flexibility index (Phi) is 13.9. The summed E-state index contributed by atoms with van der Waals surface area (Å²) in [5, 5.41) is 2.23. The fraction of sp³-hybridized carbons (Fsp3) is 0.478. The molecule has 0 aliphatic heterocycles. The van der Waals surface area contributed by atoms with Gasteiger partial charge < -0.3 is 14.8 Å². The van der Waals surface area contributed by atoms with Crippen molar-refractivity contribution in [3.63, 3.8) is 0 Å². The number of nitrogens with one attached hydrogen (secondary N) is 1. The minimum absolute atomic E-state index is 0. The van der Waals surface area contributed by atoms with Crippen LogP contribution in [0, 0.1) is 5.92 Å². The zero-order valence-electron chi connectivity index (χ0n) is 17.6. The number of benzene rings is 1. The number of carbonyl (C=O) groups excluding carboxylic acids is 4. The van der Waals surface area contributed by atoms with E-state index in [0.29, 0.717) is 19.3 Å². The van der Waals surface area contributed by atoms with E-state index in [4.69, 9.17) is 4.74 Å². The minimum Gasteiger partial charge on any atom is -0.467 e. The van der Waals surface area contributed by atoms with E-state index < -0.39 is 35.9 Å². The van der Waals surface area contributed by atoms with Crippen molar-refractivity contribution < 1.29 is 28.7 Å². The van der Waals surface area contributed by atoms with Crippen LogP contribution in [0.3, 0.4) is 0 Å². The summed E-state index contributed by atoms with van der Waals surface area (Å²) < 4.78 is 10.1. The third kappa shape index (κ3) is 10.8. The van der Waals surface area contributed by atoms with Gasteiger partial charge in [0.25, 0.3) is 0 Å². The van der Waals surface area contributed by atoms with Gasteiger partial charge in [-0.1, -0.05) is 55.6 Å². The number of esters is 2. The molecule has 172 valence electrons. The normalized spacial score (nSPS) is 13.0. The molecule has 8 heteroatoms. The van der Waals surface area contributed by atoms with E-state index in [9.17, 15) is 19.2 Å². The van der Waals surface area contributed by atoms with Gasteiger partial charge in [0, 0.05) is 19.6 Å². The molecule has 1 N–H and O–H groups in total. The first-order valence-electron chi connectivity index (χ1n) is 9.62. The first kappa shape index (κ1) is 28.4. The van der Waals surface area contributed by atoms with Gasteiger partial charge in [0.1, 0.15) is 12.1 Å². The number of rotatable bonds is 12. The fourth-order valence-corrected chi connectivity index (χ4v) is 3.93. The Morgan fingerprint density at radius 3 is 2.32 bits per heavy atom. The second kappa shape index (κ2) is 15.2. The van der Waals surface area contributed by atoms with Crippen molar-refractivity contribution in [2.45, 2.75) is 52.7 Å². The standard InChI is InChI=1S/C22H29NO6S.CH4/c1-5-9-18(22(27)30-14-19(21(26)28-4)23-15(2)24)20(29-16(3)25)13-12-17-10-7-6-8-11-17;/h5-8,10-11,18-20H,1,9,12-14H2,2-4H3,(H,23,24);1H4/t18?,19-,20?;/m1./s1. The van der Waals surface area contributed by atoms with Crippen LogP contribution >= 0.6 is 11.8 Å². The summed E-state index contributed by atoms with van der Waals surface area (Å²) in [5.74, 6) is -2.10. The Bertz CT molecular complexity index is 737. The quantitative estimate of drug-likeness (QED) is 0.384. The molecule has 0 fully saturated rings. The maximum atomic E-state index is 12.9. The van der Waals surface area contributed by atoms with Gasteiger partial charge in [-0.3, -0.25) is 14.4 Å². The SMILES string of the molecule is C.C=CCC(C(=O)SC[C@@H](NC(C)=O)C(=O)OC)C(CCc1ccccc1)OC(C)=O. The molecule has 0 saturated carbocycles. The molecular formula is C23H33NO6S. The largest absolute Gasteiger partial charge is 0.467 e. The molecule has 1 aromatic rings. The minimum atomic E-state index is -0.942. The predicted octanol–water partition coefficient (Wildman–Crippen LogP) is 3.32.